The number of aliphatic carboxylic acids is 1. The van der Waals surface area contributed by atoms with Crippen molar-refractivity contribution in [3.63, 3.8) is 0 Å². The lowest BCUT2D eigenvalue weighted by Crippen LogP contribution is -2.38. The van der Waals surface area contributed by atoms with Crippen molar-refractivity contribution in [3.8, 4) is 0 Å². The lowest BCUT2D eigenvalue weighted by molar-refractivity contribution is -0.154. The number of carbonyl (C=O) groups is 1. The van der Waals surface area contributed by atoms with E-state index >= 15 is 0 Å². The third kappa shape index (κ3) is 3.22. The molecule has 0 saturated carbocycles. The second kappa shape index (κ2) is 6.86. The summed E-state index contributed by atoms with van der Waals surface area (Å²) < 4.78 is 0. The Bertz CT molecular complexity index is 185. The summed E-state index contributed by atoms with van der Waals surface area (Å²) in [5.74, 6) is -0.265. The monoisotopic (exact) mass is 214 g/mol. The first-order valence-electron chi connectivity index (χ1n) is 6.32. The maximum absolute atomic E-state index is 11.5. The normalized spacial score (nSPS) is 15.3. The van der Waals surface area contributed by atoms with Gasteiger partial charge in [0.05, 0.1) is 5.41 Å². The first kappa shape index (κ1) is 14.5. The Morgan fingerprint density at radius 3 is 2.00 bits per heavy atom. The first-order chi connectivity index (χ1) is 7.08. The molecule has 0 fully saturated rings. The van der Waals surface area contributed by atoms with Gasteiger partial charge in [-0.1, -0.05) is 53.4 Å². The highest BCUT2D eigenvalue weighted by atomic mass is 16.4. The van der Waals surface area contributed by atoms with Gasteiger partial charge in [-0.15, -0.1) is 0 Å². The van der Waals surface area contributed by atoms with Crippen LogP contribution < -0.4 is 0 Å². The van der Waals surface area contributed by atoms with E-state index < -0.39 is 11.4 Å². The lowest BCUT2D eigenvalue weighted by atomic mass is 9.68. The molecule has 0 aromatic rings. The van der Waals surface area contributed by atoms with E-state index in [9.17, 15) is 9.90 Å². The van der Waals surface area contributed by atoms with Gasteiger partial charge in [-0.3, -0.25) is 4.79 Å². The molecular weight excluding hydrogens is 188 g/mol. The highest BCUT2D eigenvalue weighted by molar-refractivity contribution is 5.75. The molecule has 1 unspecified atom stereocenters. The van der Waals surface area contributed by atoms with Crippen molar-refractivity contribution in [3.05, 3.63) is 0 Å². The van der Waals surface area contributed by atoms with Gasteiger partial charge < -0.3 is 5.11 Å². The van der Waals surface area contributed by atoms with E-state index in [-0.39, 0.29) is 0 Å². The maximum Gasteiger partial charge on any atom is 0.309 e. The third-order valence-corrected chi connectivity index (χ3v) is 3.80. The zero-order valence-electron chi connectivity index (χ0n) is 10.7. The molecule has 0 rings (SSSR count). The molecule has 0 heterocycles. The van der Waals surface area contributed by atoms with Crippen molar-refractivity contribution in [1.82, 2.24) is 0 Å². The molecule has 0 spiro atoms. The minimum Gasteiger partial charge on any atom is -0.481 e. The first-order valence-corrected chi connectivity index (χ1v) is 6.32. The Hall–Kier alpha value is -0.530. The van der Waals surface area contributed by atoms with Crippen LogP contribution >= 0.6 is 0 Å². The predicted molar refractivity (Wildman–Crippen MR) is 64.0 cm³/mol. The summed E-state index contributed by atoms with van der Waals surface area (Å²) in [6.45, 7) is 8.35. The molecule has 0 aliphatic carbocycles. The molecule has 2 heteroatoms. The molecular formula is C13H26O2. The van der Waals surface area contributed by atoms with Crippen LogP contribution in [0.1, 0.15) is 66.2 Å². The second-order valence-corrected chi connectivity index (χ2v) is 4.43. The molecule has 0 aliphatic heterocycles. The molecule has 90 valence electrons. The van der Waals surface area contributed by atoms with Crippen LogP contribution in [0, 0.1) is 11.3 Å². The number of unbranched alkanes of at least 4 members (excludes halogenated alkanes) is 1. The number of carboxylic acids is 1. The summed E-state index contributed by atoms with van der Waals surface area (Å²) >= 11 is 0. The maximum atomic E-state index is 11.5. The van der Waals surface area contributed by atoms with Crippen LogP contribution in [0.3, 0.4) is 0 Å². The van der Waals surface area contributed by atoms with E-state index in [1.54, 1.807) is 0 Å². The fourth-order valence-electron chi connectivity index (χ4n) is 2.66. The molecule has 0 amide bonds. The molecule has 0 radical (unpaired) electrons. The van der Waals surface area contributed by atoms with Crippen molar-refractivity contribution < 1.29 is 9.90 Å². The number of hydrogen-bond acceptors (Lipinski definition) is 1. The topological polar surface area (TPSA) is 37.3 Å². The lowest BCUT2D eigenvalue weighted by Gasteiger charge is -2.35. The van der Waals surface area contributed by atoms with E-state index in [0.717, 1.165) is 38.5 Å². The van der Waals surface area contributed by atoms with E-state index in [2.05, 4.69) is 20.8 Å². The summed E-state index contributed by atoms with van der Waals surface area (Å²) in [4.78, 5) is 11.5. The van der Waals surface area contributed by atoms with Gasteiger partial charge >= 0.3 is 5.97 Å². The van der Waals surface area contributed by atoms with Gasteiger partial charge in [0, 0.05) is 0 Å². The summed E-state index contributed by atoms with van der Waals surface area (Å²) in [7, 11) is 0. The standard InChI is InChI=1S/C13H26O2/c1-5-9-10-13(8-4,12(14)15)11(6-2)7-3/h11H,5-10H2,1-4H3,(H,14,15). The fraction of sp³-hybridized carbons (Fsp3) is 0.923. The minimum absolute atomic E-state index is 0.326. The highest BCUT2D eigenvalue weighted by Crippen LogP contribution is 2.41. The van der Waals surface area contributed by atoms with Crippen molar-refractivity contribution in [2.45, 2.75) is 66.2 Å². The van der Waals surface area contributed by atoms with Gasteiger partial charge in [-0.25, -0.2) is 0 Å². The van der Waals surface area contributed by atoms with Crippen molar-refractivity contribution in [1.29, 1.82) is 0 Å². The van der Waals surface area contributed by atoms with Gasteiger partial charge in [0.2, 0.25) is 0 Å². The summed E-state index contributed by atoms with van der Waals surface area (Å²) in [6, 6.07) is 0. The Morgan fingerprint density at radius 2 is 1.73 bits per heavy atom. The molecule has 2 nitrogen and oxygen atoms in total. The van der Waals surface area contributed by atoms with Crippen LogP contribution in [0.5, 0.6) is 0 Å². The van der Waals surface area contributed by atoms with Crippen molar-refractivity contribution in [2.24, 2.45) is 11.3 Å². The fourth-order valence-corrected chi connectivity index (χ4v) is 2.66. The zero-order valence-corrected chi connectivity index (χ0v) is 10.7. The van der Waals surface area contributed by atoms with Gasteiger partial charge in [0.25, 0.3) is 0 Å². The summed E-state index contributed by atoms with van der Waals surface area (Å²) in [5, 5.41) is 9.48. The predicted octanol–water partition coefficient (Wildman–Crippen LogP) is 4.09. The largest absolute Gasteiger partial charge is 0.481 e. The Morgan fingerprint density at radius 1 is 1.20 bits per heavy atom. The number of rotatable bonds is 8. The molecule has 1 atom stereocenters. The molecule has 0 aliphatic rings. The van der Waals surface area contributed by atoms with E-state index in [1.807, 2.05) is 6.92 Å². The third-order valence-electron chi connectivity index (χ3n) is 3.80. The Labute approximate surface area is 94.1 Å². The summed E-state index contributed by atoms with van der Waals surface area (Å²) in [6.07, 6.45) is 5.64. The molecule has 15 heavy (non-hydrogen) atoms. The van der Waals surface area contributed by atoms with Crippen LogP contribution in [0.25, 0.3) is 0 Å². The van der Waals surface area contributed by atoms with E-state index in [0.29, 0.717) is 5.92 Å². The molecule has 0 aromatic heterocycles. The molecule has 0 aromatic carbocycles. The average Bonchev–Trinajstić information content (AvgIpc) is 2.24. The molecule has 1 N–H and O–H groups in total. The van der Waals surface area contributed by atoms with Gasteiger partial charge in [-0.2, -0.15) is 0 Å². The van der Waals surface area contributed by atoms with Crippen molar-refractivity contribution >= 4 is 5.97 Å². The highest BCUT2D eigenvalue weighted by Gasteiger charge is 2.41. The zero-order chi connectivity index (χ0) is 11.9. The van der Waals surface area contributed by atoms with Crippen LogP contribution in [-0.2, 0) is 4.79 Å². The quantitative estimate of drug-likeness (QED) is 0.660. The van der Waals surface area contributed by atoms with Crippen LogP contribution in [-0.4, -0.2) is 11.1 Å². The van der Waals surface area contributed by atoms with E-state index in [1.165, 1.54) is 0 Å². The Balaban J connectivity index is 4.85. The van der Waals surface area contributed by atoms with Crippen molar-refractivity contribution in [2.75, 3.05) is 0 Å². The van der Waals surface area contributed by atoms with E-state index in [4.69, 9.17) is 0 Å². The second-order valence-electron chi connectivity index (χ2n) is 4.43. The van der Waals surface area contributed by atoms with Gasteiger partial charge in [0.15, 0.2) is 0 Å². The molecule has 0 saturated heterocycles. The SMILES string of the molecule is CCCCC(CC)(C(=O)O)C(CC)CC. The van der Waals surface area contributed by atoms with Crippen LogP contribution in [0.2, 0.25) is 0 Å². The van der Waals surface area contributed by atoms with Gasteiger partial charge in [0.1, 0.15) is 0 Å². The number of carboxylic acid groups (broad SMARTS) is 1. The smallest absolute Gasteiger partial charge is 0.309 e. The average molecular weight is 214 g/mol. The molecule has 0 bridgehead atoms. The van der Waals surface area contributed by atoms with Crippen LogP contribution in [0.4, 0.5) is 0 Å². The number of hydrogen-bond donors (Lipinski definition) is 1. The Kier molecular flexibility index (Phi) is 6.62. The minimum atomic E-state index is -0.591. The van der Waals surface area contributed by atoms with Crippen LogP contribution in [0.15, 0.2) is 0 Å². The van der Waals surface area contributed by atoms with Gasteiger partial charge in [-0.05, 0) is 18.8 Å². The summed E-state index contributed by atoms with van der Waals surface area (Å²) in [5.41, 5.74) is -0.473.